The minimum atomic E-state index is -1.87. The Hall–Kier alpha value is -3.09. The molecule has 1 rings (SSSR count). The molecule has 0 aromatic carbocycles. The topological polar surface area (TPSA) is 169 Å². The van der Waals surface area contributed by atoms with Gasteiger partial charge in [0.15, 0.2) is 18.5 Å². The average Bonchev–Trinajstić information content (AvgIpc) is 3.26. The molecule has 0 aromatic rings. The lowest BCUT2D eigenvalue weighted by molar-refractivity contribution is -0.298. The minimum Gasteiger partial charge on any atom is -0.479 e. The van der Waals surface area contributed by atoms with Crippen LogP contribution in [-0.2, 0) is 33.3 Å². The number of hydrogen-bond acceptors (Lipinski definition) is 10. The Kier molecular flexibility index (Phi) is 37.3. The maximum atomic E-state index is 12.8. The van der Waals surface area contributed by atoms with Gasteiger partial charge in [0.1, 0.15) is 24.9 Å². The zero-order valence-corrected chi connectivity index (χ0v) is 38.6. The number of carbonyl (C=O) groups is 3. The minimum absolute atomic E-state index is 0.173. The van der Waals surface area contributed by atoms with Crippen molar-refractivity contribution in [3.63, 3.8) is 0 Å². The Morgan fingerprint density at radius 1 is 0.516 bits per heavy atom. The molecular weight excluding hydrogens is 789 g/mol. The van der Waals surface area contributed by atoms with Crippen LogP contribution in [0.5, 0.6) is 0 Å². The summed E-state index contributed by atoms with van der Waals surface area (Å²) in [5, 5.41) is 39.9. The van der Waals surface area contributed by atoms with Crippen molar-refractivity contribution in [2.45, 2.75) is 230 Å². The molecule has 0 radical (unpaired) electrons. The highest BCUT2D eigenvalue weighted by Crippen LogP contribution is 2.23. The summed E-state index contributed by atoms with van der Waals surface area (Å²) in [5.74, 6) is -2.46. The first kappa shape index (κ1) is 56.9. The molecule has 1 saturated heterocycles. The molecule has 0 bridgehead atoms. The van der Waals surface area contributed by atoms with E-state index < -0.39 is 61.3 Å². The normalized spacial score (nSPS) is 20.0. The molecule has 6 atom stereocenters. The van der Waals surface area contributed by atoms with Crippen molar-refractivity contribution < 1.29 is 53.8 Å². The van der Waals surface area contributed by atoms with Crippen LogP contribution in [-0.4, -0.2) is 88.4 Å². The summed E-state index contributed by atoms with van der Waals surface area (Å²) in [7, 11) is 0. The summed E-state index contributed by atoms with van der Waals surface area (Å²) in [6, 6.07) is 0. The van der Waals surface area contributed by atoms with Gasteiger partial charge in [-0.25, -0.2) is 4.79 Å². The number of hydrogen-bond donors (Lipinski definition) is 4. The molecule has 356 valence electrons. The Balaban J connectivity index is 2.34. The molecule has 1 aliphatic heterocycles. The lowest BCUT2D eigenvalue weighted by Gasteiger charge is -2.38. The van der Waals surface area contributed by atoms with E-state index in [1.165, 1.54) is 70.6 Å². The average molecular weight is 875 g/mol. The molecule has 0 saturated carbocycles. The summed E-state index contributed by atoms with van der Waals surface area (Å²) < 4.78 is 21.8. The monoisotopic (exact) mass is 875 g/mol. The number of aliphatic hydroxyl groups is 3. The SMILES string of the molecule is CC/C=C\C/C=C\C/C=C\CCCCCCCCCC(=O)OCC(COC1OC(C(=O)O)C(O)C(O)C1O)OC(=O)CCCCCCCCCCC/C=C\C/C=C\CCCCC. The van der Waals surface area contributed by atoms with Gasteiger partial charge >= 0.3 is 17.9 Å². The van der Waals surface area contributed by atoms with E-state index >= 15 is 0 Å². The Labute approximate surface area is 375 Å². The van der Waals surface area contributed by atoms with Crippen LogP contribution in [0.4, 0.5) is 0 Å². The molecule has 0 aromatic heterocycles. The number of carboxylic acid groups (broad SMARTS) is 1. The first-order valence-electron chi connectivity index (χ1n) is 24.3. The molecule has 0 amide bonds. The number of esters is 2. The third-order valence-electron chi connectivity index (χ3n) is 10.9. The Bertz CT molecular complexity index is 1260. The van der Waals surface area contributed by atoms with E-state index in [2.05, 4.69) is 74.6 Å². The fourth-order valence-corrected chi connectivity index (χ4v) is 7.04. The standard InChI is InChI=1S/C51H86O11/c1-3-5-7-9-11-13-15-17-19-21-22-24-26-28-30-32-34-36-38-40-45(53)61-43(42-60-51-48(56)46(54)47(55)49(62-51)50(57)58)41-59-44(52)39-37-35-33-31-29-27-25-23-20-18-16-14-12-10-8-6-4-2/h6,8,11-14,17-20,43,46-49,51,54-56H,3-5,7,9-10,15-16,21-42H2,1-2H3,(H,57,58)/b8-6-,13-11-,14-12-,19-17-,20-18-. The van der Waals surface area contributed by atoms with Crippen LogP contribution >= 0.6 is 0 Å². The number of carboxylic acids is 1. The zero-order valence-electron chi connectivity index (χ0n) is 38.6. The number of aliphatic hydroxyl groups excluding tert-OH is 3. The second-order valence-corrected chi connectivity index (χ2v) is 16.6. The summed E-state index contributed by atoms with van der Waals surface area (Å²) in [6.07, 6.45) is 41.2. The summed E-state index contributed by atoms with van der Waals surface area (Å²) in [4.78, 5) is 36.9. The third kappa shape index (κ3) is 31.7. The smallest absolute Gasteiger partial charge is 0.335 e. The van der Waals surface area contributed by atoms with Gasteiger partial charge in [-0.15, -0.1) is 0 Å². The van der Waals surface area contributed by atoms with Crippen LogP contribution in [0.25, 0.3) is 0 Å². The predicted octanol–water partition coefficient (Wildman–Crippen LogP) is 11.1. The molecule has 1 aliphatic rings. The van der Waals surface area contributed by atoms with E-state index in [1.807, 2.05) is 0 Å². The molecule has 4 N–H and O–H groups in total. The van der Waals surface area contributed by atoms with Gasteiger partial charge in [0.25, 0.3) is 0 Å². The van der Waals surface area contributed by atoms with Crippen molar-refractivity contribution in [2.75, 3.05) is 13.2 Å². The van der Waals surface area contributed by atoms with Crippen molar-refractivity contribution in [1.29, 1.82) is 0 Å². The molecule has 11 heteroatoms. The highest BCUT2D eigenvalue weighted by atomic mass is 16.7. The van der Waals surface area contributed by atoms with Crippen LogP contribution in [0.15, 0.2) is 60.8 Å². The third-order valence-corrected chi connectivity index (χ3v) is 10.9. The second kappa shape index (κ2) is 40.7. The largest absolute Gasteiger partial charge is 0.479 e. The van der Waals surface area contributed by atoms with Gasteiger partial charge in [0, 0.05) is 12.8 Å². The van der Waals surface area contributed by atoms with Gasteiger partial charge in [-0.2, -0.15) is 0 Å². The van der Waals surface area contributed by atoms with Gasteiger partial charge in [-0.1, -0.05) is 164 Å². The van der Waals surface area contributed by atoms with Gasteiger partial charge in [-0.3, -0.25) is 9.59 Å². The van der Waals surface area contributed by atoms with E-state index in [4.69, 9.17) is 18.9 Å². The van der Waals surface area contributed by atoms with Crippen LogP contribution in [0.3, 0.4) is 0 Å². The van der Waals surface area contributed by atoms with Crippen molar-refractivity contribution in [3.05, 3.63) is 60.8 Å². The fraction of sp³-hybridized carbons (Fsp3) is 0.745. The van der Waals surface area contributed by atoms with Crippen LogP contribution in [0.2, 0.25) is 0 Å². The zero-order chi connectivity index (χ0) is 45.3. The number of aliphatic carboxylic acids is 1. The van der Waals surface area contributed by atoms with Crippen molar-refractivity contribution in [3.8, 4) is 0 Å². The van der Waals surface area contributed by atoms with E-state index in [0.29, 0.717) is 12.8 Å². The van der Waals surface area contributed by atoms with Crippen LogP contribution in [0, 0.1) is 0 Å². The number of unbranched alkanes of at least 4 members (excludes halogenated alkanes) is 19. The van der Waals surface area contributed by atoms with E-state index in [1.54, 1.807) is 0 Å². The van der Waals surface area contributed by atoms with Crippen molar-refractivity contribution in [1.82, 2.24) is 0 Å². The first-order chi connectivity index (χ1) is 30.2. The van der Waals surface area contributed by atoms with Gasteiger partial charge < -0.3 is 39.4 Å². The van der Waals surface area contributed by atoms with E-state index in [-0.39, 0.29) is 19.4 Å². The summed E-state index contributed by atoms with van der Waals surface area (Å²) in [6.45, 7) is 3.67. The lowest BCUT2D eigenvalue weighted by atomic mass is 9.99. The first-order valence-corrected chi connectivity index (χ1v) is 24.3. The number of ether oxygens (including phenoxy) is 4. The quantitative estimate of drug-likeness (QED) is 0.0263. The van der Waals surface area contributed by atoms with Crippen LogP contribution in [0.1, 0.15) is 194 Å². The molecule has 0 spiro atoms. The Morgan fingerprint density at radius 3 is 1.44 bits per heavy atom. The fourth-order valence-electron chi connectivity index (χ4n) is 7.04. The summed E-state index contributed by atoms with van der Waals surface area (Å²) >= 11 is 0. The maximum absolute atomic E-state index is 12.8. The molecule has 6 unspecified atom stereocenters. The summed E-state index contributed by atoms with van der Waals surface area (Å²) in [5.41, 5.74) is 0. The van der Waals surface area contributed by atoms with Crippen LogP contribution < -0.4 is 0 Å². The number of allylic oxidation sites excluding steroid dienone is 10. The lowest BCUT2D eigenvalue weighted by Crippen LogP contribution is -2.60. The van der Waals surface area contributed by atoms with Crippen molar-refractivity contribution >= 4 is 17.9 Å². The van der Waals surface area contributed by atoms with E-state index in [0.717, 1.165) is 83.5 Å². The van der Waals surface area contributed by atoms with Gasteiger partial charge in [-0.05, 0) is 77.0 Å². The highest BCUT2D eigenvalue weighted by molar-refractivity contribution is 5.73. The molecule has 11 nitrogen and oxygen atoms in total. The highest BCUT2D eigenvalue weighted by Gasteiger charge is 2.47. The second-order valence-electron chi connectivity index (χ2n) is 16.6. The van der Waals surface area contributed by atoms with Gasteiger partial charge in [0.05, 0.1) is 6.61 Å². The molecule has 1 fully saturated rings. The molecule has 1 heterocycles. The predicted molar refractivity (Wildman–Crippen MR) is 247 cm³/mol. The van der Waals surface area contributed by atoms with E-state index in [9.17, 15) is 34.8 Å². The molecule has 62 heavy (non-hydrogen) atoms. The Morgan fingerprint density at radius 2 is 0.952 bits per heavy atom. The van der Waals surface area contributed by atoms with Crippen molar-refractivity contribution in [2.24, 2.45) is 0 Å². The maximum Gasteiger partial charge on any atom is 0.335 e. The molecule has 0 aliphatic carbocycles. The number of carbonyl (C=O) groups excluding carboxylic acids is 2. The van der Waals surface area contributed by atoms with Gasteiger partial charge in [0.2, 0.25) is 0 Å². The number of rotatable bonds is 40. The molecular formula is C51H86O11.